The predicted molar refractivity (Wildman–Crippen MR) is 92.3 cm³/mol. The monoisotopic (exact) mass is 375 g/mol. The Morgan fingerprint density at radius 3 is 2.56 bits per heavy atom. The van der Waals surface area contributed by atoms with Crippen molar-refractivity contribution in [3.8, 4) is 0 Å². The van der Waals surface area contributed by atoms with Crippen LogP contribution in [0.3, 0.4) is 0 Å². The summed E-state index contributed by atoms with van der Waals surface area (Å²) in [5.74, 6) is 0.157. The predicted octanol–water partition coefficient (Wildman–Crippen LogP) is 2.13. The third-order valence-corrected chi connectivity index (χ3v) is 5.26. The molecule has 0 unspecified atom stereocenters. The van der Waals surface area contributed by atoms with E-state index in [1.807, 2.05) is 0 Å². The first-order valence-corrected chi connectivity index (χ1v) is 9.95. The van der Waals surface area contributed by atoms with Crippen LogP contribution in [-0.2, 0) is 23.1 Å². The van der Waals surface area contributed by atoms with E-state index in [0.29, 0.717) is 6.42 Å². The summed E-state index contributed by atoms with van der Waals surface area (Å²) >= 11 is 0. The van der Waals surface area contributed by atoms with Crippen LogP contribution in [0.2, 0.25) is 0 Å². The fourth-order valence-corrected chi connectivity index (χ4v) is 4.31. The zero-order valence-corrected chi connectivity index (χ0v) is 15.8. The quantitative estimate of drug-likeness (QED) is 0.687. The van der Waals surface area contributed by atoms with Crippen molar-refractivity contribution in [2.24, 2.45) is 0 Å². The Hall–Kier alpha value is -1.25. The molecule has 0 spiro atoms. The molecule has 1 aromatic rings. The summed E-state index contributed by atoms with van der Waals surface area (Å²) in [6.07, 6.45) is 0.469. The summed E-state index contributed by atoms with van der Waals surface area (Å²) in [4.78, 5) is 15.5. The van der Waals surface area contributed by atoms with E-state index in [-0.39, 0.29) is 37.1 Å². The lowest BCUT2D eigenvalue weighted by molar-refractivity contribution is 0.0277. The lowest BCUT2D eigenvalue weighted by Crippen LogP contribution is -2.27. The van der Waals surface area contributed by atoms with Crippen LogP contribution in [0.4, 0.5) is 5.82 Å². The number of hydrogen-bond donors (Lipinski definition) is 1. The highest BCUT2D eigenvalue weighted by Gasteiger charge is 2.33. The highest BCUT2D eigenvalue weighted by Crippen LogP contribution is 2.51. The van der Waals surface area contributed by atoms with Gasteiger partial charge in [0, 0.05) is 12.6 Å². The average Bonchev–Trinajstić information content (AvgIpc) is 2.92. The third kappa shape index (κ3) is 5.90. The minimum atomic E-state index is -3.37. The first kappa shape index (κ1) is 20.1. The molecular weight excluding hydrogens is 349 g/mol. The first-order chi connectivity index (χ1) is 11.7. The largest absolute Gasteiger partial charge is 0.383 e. The van der Waals surface area contributed by atoms with Crippen molar-refractivity contribution in [2.45, 2.75) is 58.7 Å². The minimum absolute atomic E-state index is 0.157. The Balaban J connectivity index is 1.95. The number of anilines is 1. The van der Waals surface area contributed by atoms with Gasteiger partial charge in [-0.25, -0.2) is 4.79 Å². The molecule has 1 fully saturated rings. The van der Waals surface area contributed by atoms with Crippen molar-refractivity contribution in [3.05, 3.63) is 22.7 Å². The van der Waals surface area contributed by atoms with Crippen LogP contribution in [0.15, 0.2) is 17.1 Å². The van der Waals surface area contributed by atoms with Gasteiger partial charge in [-0.15, -0.1) is 0 Å². The molecule has 2 heterocycles. The van der Waals surface area contributed by atoms with E-state index in [1.54, 1.807) is 27.7 Å². The number of nitrogens with zero attached hydrogens (tertiary/aromatic N) is 2. The lowest BCUT2D eigenvalue weighted by atomic mass is 10.3. The van der Waals surface area contributed by atoms with Crippen LogP contribution in [0.25, 0.3) is 0 Å². The third-order valence-electron chi connectivity index (χ3n) is 3.31. The molecule has 2 rings (SSSR count). The minimum Gasteiger partial charge on any atom is -0.383 e. The van der Waals surface area contributed by atoms with Gasteiger partial charge in [0.05, 0.1) is 24.9 Å². The number of ether oxygens (including phenoxy) is 2. The van der Waals surface area contributed by atoms with Gasteiger partial charge in [0.1, 0.15) is 18.4 Å². The molecule has 0 bridgehead atoms. The van der Waals surface area contributed by atoms with Crippen molar-refractivity contribution >= 4 is 13.4 Å². The molecule has 0 aromatic carbocycles. The number of aromatic nitrogens is 2. The molecule has 142 valence electrons. The van der Waals surface area contributed by atoms with Crippen LogP contribution < -0.4 is 11.4 Å². The number of hydrogen-bond acceptors (Lipinski definition) is 8. The van der Waals surface area contributed by atoms with E-state index >= 15 is 0 Å². The van der Waals surface area contributed by atoms with Gasteiger partial charge in [-0.3, -0.25) is 9.13 Å². The van der Waals surface area contributed by atoms with E-state index in [4.69, 9.17) is 24.3 Å². The summed E-state index contributed by atoms with van der Waals surface area (Å²) in [7, 11) is -3.37. The Morgan fingerprint density at radius 2 is 2.00 bits per heavy atom. The number of nitrogens with two attached hydrogens (primary N) is 1. The number of rotatable bonds is 8. The zero-order chi connectivity index (χ0) is 18.6. The molecule has 0 saturated carbocycles. The van der Waals surface area contributed by atoms with Crippen molar-refractivity contribution in [3.63, 3.8) is 0 Å². The van der Waals surface area contributed by atoms with E-state index < -0.39 is 19.5 Å². The lowest BCUT2D eigenvalue weighted by Gasteiger charge is -2.23. The van der Waals surface area contributed by atoms with Gasteiger partial charge >= 0.3 is 13.3 Å². The Morgan fingerprint density at radius 1 is 1.36 bits per heavy atom. The molecule has 0 radical (unpaired) electrons. The second-order valence-electron chi connectivity index (χ2n) is 6.40. The van der Waals surface area contributed by atoms with Gasteiger partial charge in [-0.05, 0) is 33.8 Å². The van der Waals surface area contributed by atoms with Crippen molar-refractivity contribution in [1.29, 1.82) is 0 Å². The fourth-order valence-electron chi connectivity index (χ4n) is 2.46. The molecule has 10 heteroatoms. The molecule has 2 atom stereocenters. The Kier molecular flexibility index (Phi) is 6.76. The summed E-state index contributed by atoms with van der Waals surface area (Å²) in [6.45, 7) is 7.40. The van der Waals surface area contributed by atoms with Crippen molar-refractivity contribution in [2.75, 3.05) is 18.7 Å². The average molecular weight is 375 g/mol. The van der Waals surface area contributed by atoms with E-state index in [0.717, 1.165) is 0 Å². The molecule has 1 aliphatic rings. The molecule has 2 N–H and O–H groups in total. The normalized spacial score (nSPS) is 21.4. The molecule has 25 heavy (non-hydrogen) atoms. The van der Waals surface area contributed by atoms with Gasteiger partial charge in [0.2, 0.25) is 0 Å². The van der Waals surface area contributed by atoms with E-state index in [9.17, 15) is 9.36 Å². The van der Waals surface area contributed by atoms with Gasteiger partial charge in [0.25, 0.3) is 0 Å². The van der Waals surface area contributed by atoms with Gasteiger partial charge in [-0.1, -0.05) is 0 Å². The maximum Gasteiger partial charge on any atom is 0.356 e. The topological polar surface area (TPSA) is 115 Å². The molecule has 0 aliphatic carbocycles. The highest BCUT2D eigenvalue weighted by molar-refractivity contribution is 7.53. The maximum atomic E-state index is 12.7. The maximum absolute atomic E-state index is 12.7. The van der Waals surface area contributed by atoms with Gasteiger partial charge in [-0.2, -0.15) is 4.98 Å². The summed E-state index contributed by atoms with van der Waals surface area (Å²) in [6, 6.07) is 1.53. The SMILES string of the molecule is CC(C)OP(=O)(CO[C@H]1CO[C@@H](n2ccc(N)nc2=O)C1)OC(C)C. The summed E-state index contributed by atoms with van der Waals surface area (Å²) in [5, 5.41) is 0. The molecule has 1 aromatic heterocycles. The fraction of sp³-hybridized carbons (Fsp3) is 0.733. The molecule has 1 saturated heterocycles. The second kappa shape index (κ2) is 8.42. The summed E-state index contributed by atoms with van der Waals surface area (Å²) < 4.78 is 36.3. The zero-order valence-electron chi connectivity index (χ0n) is 15.0. The van der Waals surface area contributed by atoms with Gasteiger partial charge in [0.15, 0.2) is 0 Å². The van der Waals surface area contributed by atoms with E-state index in [1.165, 1.54) is 16.8 Å². The van der Waals surface area contributed by atoms with Gasteiger partial charge < -0.3 is 24.3 Å². The first-order valence-electron chi connectivity index (χ1n) is 8.22. The van der Waals surface area contributed by atoms with Crippen LogP contribution in [-0.4, -0.2) is 40.8 Å². The molecule has 9 nitrogen and oxygen atoms in total. The van der Waals surface area contributed by atoms with Crippen LogP contribution >= 0.6 is 7.60 Å². The highest BCUT2D eigenvalue weighted by atomic mass is 31.2. The Bertz CT molecular complexity index is 663. The Labute approximate surface area is 147 Å². The van der Waals surface area contributed by atoms with Crippen molar-refractivity contribution in [1.82, 2.24) is 9.55 Å². The van der Waals surface area contributed by atoms with Crippen molar-refractivity contribution < 1.29 is 23.1 Å². The van der Waals surface area contributed by atoms with Crippen LogP contribution in [0.5, 0.6) is 0 Å². The second-order valence-corrected chi connectivity index (χ2v) is 8.30. The molecule has 0 amide bonds. The number of nitrogen functional groups attached to an aromatic ring is 1. The molecular formula is C15H26N3O6P. The summed E-state index contributed by atoms with van der Waals surface area (Å²) in [5.41, 5.74) is 5.00. The van der Waals surface area contributed by atoms with E-state index in [2.05, 4.69) is 4.98 Å². The van der Waals surface area contributed by atoms with Crippen LogP contribution in [0.1, 0.15) is 40.3 Å². The molecule has 1 aliphatic heterocycles. The smallest absolute Gasteiger partial charge is 0.356 e. The van der Waals surface area contributed by atoms with Crippen LogP contribution in [0, 0.1) is 0 Å². The standard InChI is InChI=1S/C15H26N3O6P/c1-10(2)23-25(20,24-11(3)4)9-22-12-7-14(21-8-12)18-6-5-13(16)17-15(18)19/h5-6,10-12,14H,7-9H2,1-4H3,(H2,16,17,19)/t12-,14-/m1/s1.